The van der Waals surface area contributed by atoms with Gasteiger partial charge >= 0.3 is 0 Å². The highest BCUT2D eigenvalue weighted by molar-refractivity contribution is 5.97. The highest BCUT2D eigenvalue weighted by Gasteiger charge is 2.38. The minimum Gasteiger partial charge on any atom is -0.448 e. The lowest BCUT2D eigenvalue weighted by Gasteiger charge is -2.35. The molecule has 33 heavy (non-hydrogen) atoms. The molecule has 0 spiro atoms. The first-order valence-corrected chi connectivity index (χ1v) is 10.5. The van der Waals surface area contributed by atoms with Crippen LogP contribution in [-0.2, 0) is 29.1 Å². The number of fused-ring (bicyclic) bond motifs is 1. The highest BCUT2D eigenvalue weighted by Crippen LogP contribution is 2.35. The minimum absolute atomic E-state index is 0.0486. The standard InChI is InChI=1S/C22H20F3N5O3/c1-12-8-30-18(10-28(12)20(31)4-13-2-15(23)22(25)16(24)3-13)17(6-27-30)29-9-14(5-21(29)32)19-7-26-11-33-19/h2-3,6-7,11-12,14H,4-5,8-10H2,1H3/t12-,14?/m0/s1. The number of oxazole rings is 1. The number of hydrogen-bond donors (Lipinski definition) is 0. The number of anilines is 1. The van der Waals surface area contributed by atoms with Crippen molar-refractivity contribution in [1.82, 2.24) is 19.7 Å². The summed E-state index contributed by atoms with van der Waals surface area (Å²) in [6.07, 6.45) is 4.53. The van der Waals surface area contributed by atoms with Gasteiger partial charge in [0.1, 0.15) is 5.76 Å². The van der Waals surface area contributed by atoms with Gasteiger partial charge in [0.25, 0.3) is 0 Å². The van der Waals surface area contributed by atoms with Crippen LogP contribution in [0.25, 0.3) is 0 Å². The normalized spacial score (nSPS) is 20.4. The number of benzene rings is 1. The van der Waals surface area contributed by atoms with Gasteiger partial charge in [0.2, 0.25) is 11.8 Å². The zero-order valence-corrected chi connectivity index (χ0v) is 17.7. The van der Waals surface area contributed by atoms with E-state index < -0.39 is 17.5 Å². The van der Waals surface area contributed by atoms with Crippen molar-refractivity contribution in [2.24, 2.45) is 0 Å². The van der Waals surface area contributed by atoms with Gasteiger partial charge in [0, 0.05) is 24.9 Å². The average Bonchev–Trinajstić information content (AvgIpc) is 3.50. The van der Waals surface area contributed by atoms with E-state index in [2.05, 4.69) is 10.1 Å². The fraction of sp³-hybridized carbons (Fsp3) is 0.364. The second-order valence-corrected chi connectivity index (χ2v) is 8.39. The molecule has 1 aromatic carbocycles. The van der Waals surface area contributed by atoms with Gasteiger partial charge in [0.15, 0.2) is 23.8 Å². The van der Waals surface area contributed by atoms with Gasteiger partial charge in [-0.1, -0.05) is 0 Å². The van der Waals surface area contributed by atoms with E-state index in [4.69, 9.17) is 4.42 Å². The Balaban J connectivity index is 1.36. The Labute approximate surface area is 186 Å². The van der Waals surface area contributed by atoms with Crippen molar-refractivity contribution in [3.8, 4) is 0 Å². The van der Waals surface area contributed by atoms with Gasteiger partial charge in [-0.2, -0.15) is 5.10 Å². The second kappa shape index (κ2) is 8.05. The van der Waals surface area contributed by atoms with Crippen molar-refractivity contribution in [3.63, 3.8) is 0 Å². The molecule has 3 aromatic rings. The van der Waals surface area contributed by atoms with Gasteiger partial charge in [-0.15, -0.1) is 0 Å². The van der Waals surface area contributed by atoms with Crippen molar-refractivity contribution in [1.29, 1.82) is 0 Å². The van der Waals surface area contributed by atoms with Crippen LogP contribution in [0, 0.1) is 17.5 Å². The maximum atomic E-state index is 13.6. The third kappa shape index (κ3) is 3.77. The van der Waals surface area contributed by atoms with E-state index in [1.807, 2.05) is 6.92 Å². The van der Waals surface area contributed by atoms with E-state index in [1.54, 1.807) is 26.9 Å². The SMILES string of the molecule is C[C@H]1Cn2ncc(N3CC(c4cnco4)CC3=O)c2CN1C(=O)Cc1cc(F)c(F)c(F)c1. The summed E-state index contributed by atoms with van der Waals surface area (Å²) in [6, 6.07) is 1.42. The van der Waals surface area contributed by atoms with E-state index in [0.717, 1.165) is 12.1 Å². The first-order chi connectivity index (χ1) is 15.8. The van der Waals surface area contributed by atoms with Crippen LogP contribution in [0.2, 0.25) is 0 Å². The Bertz CT molecular complexity index is 1200. The minimum atomic E-state index is -1.56. The summed E-state index contributed by atoms with van der Waals surface area (Å²) in [5.41, 5.74) is 1.36. The smallest absolute Gasteiger partial charge is 0.227 e. The molecule has 0 N–H and O–H groups in total. The van der Waals surface area contributed by atoms with Crippen molar-refractivity contribution < 1.29 is 27.2 Å². The average molecular weight is 459 g/mol. The first kappa shape index (κ1) is 21.2. The van der Waals surface area contributed by atoms with Crippen molar-refractivity contribution >= 4 is 17.5 Å². The highest BCUT2D eigenvalue weighted by atomic mass is 19.2. The molecule has 11 heteroatoms. The summed E-state index contributed by atoms with van der Waals surface area (Å²) in [5, 5.41) is 4.39. The van der Waals surface area contributed by atoms with E-state index in [1.165, 1.54) is 6.39 Å². The largest absolute Gasteiger partial charge is 0.448 e. The molecule has 1 fully saturated rings. The van der Waals surface area contributed by atoms with Crippen LogP contribution in [0.1, 0.15) is 36.3 Å². The summed E-state index contributed by atoms with van der Waals surface area (Å²) in [6.45, 7) is 2.83. The molecule has 8 nitrogen and oxygen atoms in total. The van der Waals surface area contributed by atoms with Gasteiger partial charge in [-0.3, -0.25) is 14.3 Å². The molecule has 2 aliphatic rings. The van der Waals surface area contributed by atoms with Gasteiger partial charge < -0.3 is 14.2 Å². The monoisotopic (exact) mass is 459 g/mol. The molecule has 5 rings (SSSR count). The molecular weight excluding hydrogens is 439 g/mol. The molecule has 0 radical (unpaired) electrons. The third-order valence-corrected chi connectivity index (χ3v) is 6.20. The Morgan fingerprint density at radius 3 is 2.64 bits per heavy atom. The van der Waals surface area contributed by atoms with E-state index >= 15 is 0 Å². The van der Waals surface area contributed by atoms with E-state index in [9.17, 15) is 22.8 Å². The van der Waals surface area contributed by atoms with Gasteiger partial charge in [0.05, 0.1) is 43.3 Å². The number of hydrogen-bond acceptors (Lipinski definition) is 5. The molecule has 172 valence electrons. The molecule has 2 amide bonds. The van der Waals surface area contributed by atoms with Crippen LogP contribution in [0.5, 0.6) is 0 Å². The number of amides is 2. The molecule has 2 atom stereocenters. The zero-order valence-electron chi connectivity index (χ0n) is 17.7. The molecule has 2 aromatic heterocycles. The van der Waals surface area contributed by atoms with E-state index in [0.29, 0.717) is 30.2 Å². The van der Waals surface area contributed by atoms with Crippen LogP contribution >= 0.6 is 0 Å². The Kier molecular flexibility index (Phi) is 5.18. The Morgan fingerprint density at radius 1 is 1.18 bits per heavy atom. The summed E-state index contributed by atoms with van der Waals surface area (Å²) in [5.74, 6) is -4.17. The van der Waals surface area contributed by atoms with Crippen molar-refractivity contribution in [3.05, 3.63) is 65.4 Å². The van der Waals surface area contributed by atoms with Crippen LogP contribution in [0.3, 0.4) is 0 Å². The van der Waals surface area contributed by atoms with Crippen LogP contribution in [0.15, 0.2) is 35.3 Å². The molecule has 1 unspecified atom stereocenters. The van der Waals surface area contributed by atoms with Gasteiger partial charge in [-0.05, 0) is 24.6 Å². The summed E-state index contributed by atoms with van der Waals surface area (Å²) in [7, 11) is 0. The molecule has 0 saturated carbocycles. The number of rotatable bonds is 4. The maximum absolute atomic E-state index is 13.6. The fourth-order valence-corrected chi connectivity index (χ4v) is 4.49. The molecule has 4 heterocycles. The second-order valence-electron chi connectivity index (χ2n) is 8.39. The number of carbonyl (C=O) groups is 2. The van der Waals surface area contributed by atoms with Gasteiger partial charge in [-0.25, -0.2) is 18.2 Å². The van der Waals surface area contributed by atoms with E-state index in [-0.39, 0.29) is 48.7 Å². The number of aromatic nitrogens is 3. The quantitative estimate of drug-likeness (QED) is 0.561. The molecule has 1 saturated heterocycles. The summed E-state index contributed by atoms with van der Waals surface area (Å²) < 4.78 is 47.5. The predicted octanol–water partition coefficient (Wildman–Crippen LogP) is 2.78. The molecule has 0 bridgehead atoms. The molecular formula is C22H20F3N5O3. The predicted molar refractivity (Wildman–Crippen MR) is 108 cm³/mol. The van der Waals surface area contributed by atoms with Crippen LogP contribution in [0.4, 0.5) is 18.9 Å². The summed E-state index contributed by atoms with van der Waals surface area (Å²) in [4.78, 5) is 32.8. The Morgan fingerprint density at radius 2 is 1.94 bits per heavy atom. The first-order valence-electron chi connectivity index (χ1n) is 10.5. The lowest BCUT2D eigenvalue weighted by Crippen LogP contribution is -2.46. The fourth-order valence-electron chi connectivity index (χ4n) is 4.49. The third-order valence-electron chi connectivity index (χ3n) is 6.20. The lowest BCUT2D eigenvalue weighted by atomic mass is 10.1. The number of halogens is 3. The summed E-state index contributed by atoms with van der Waals surface area (Å²) >= 11 is 0. The van der Waals surface area contributed by atoms with Crippen LogP contribution in [-0.4, -0.2) is 44.1 Å². The molecule has 0 aliphatic carbocycles. The van der Waals surface area contributed by atoms with Crippen LogP contribution < -0.4 is 4.90 Å². The number of nitrogens with zero attached hydrogens (tertiary/aromatic N) is 5. The maximum Gasteiger partial charge on any atom is 0.227 e. The van der Waals surface area contributed by atoms with Crippen molar-refractivity contribution in [2.45, 2.75) is 44.8 Å². The number of carbonyl (C=O) groups excluding carboxylic acids is 2. The van der Waals surface area contributed by atoms with Crippen molar-refractivity contribution in [2.75, 3.05) is 11.4 Å². The molecule has 2 aliphatic heterocycles. The zero-order chi connectivity index (χ0) is 23.3. The Hall–Kier alpha value is -3.63. The topological polar surface area (TPSA) is 84.5 Å². The lowest BCUT2D eigenvalue weighted by molar-refractivity contribution is -0.134.